The predicted molar refractivity (Wildman–Crippen MR) is 80.0 cm³/mol. The van der Waals surface area contributed by atoms with E-state index in [2.05, 4.69) is 5.32 Å². The van der Waals surface area contributed by atoms with Gasteiger partial charge < -0.3 is 15.1 Å². The molecular weight excluding hydrogens is 285 g/mol. The lowest BCUT2D eigenvalue weighted by molar-refractivity contribution is 0.0638. The molecule has 22 heavy (non-hydrogen) atoms. The third-order valence-corrected chi connectivity index (χ3v) is 4.41. The first kappa shape index (κ1) is 14.8. The third-order valence-electron chi connectivity index (χ3n) is 4.41. The van der Waals surface area contributed by atoms with E-state index in [1.807, 2.05) is 4.90 Å². The topological polar surface area (TPSA) is 52.7 Å². The molecule has 118 valence electrons. The van der Waals surface area contributed by atoms with E-state index in [0.29, 0.717) is 13.1 Å². The van der Waals surface area contributed by atoms with Crippen LogP contribution in [0.2, 0.25) is 0 Å². The number of likely N-dealkylation sites (tertiary alicyclic amines) is 1. The Labute approximate surface area is 129 Å². The number of amides is 3. The van der Waals surface area contributed by atoms with Gasteiger partial charge >= 0.3 is 6.03 Å². The van der Waals surface area contributed by atoms with Crippen molar-refractivity contribution in [2.45, 2.75) is 25.3 Å². The molecule has 1 aromatic carbocycles. The van der Waals surface area contributed by atoms with Crippen LogP contribution in [0.15, 0.2) is 24.3 Å². The second kappa shape index (κ2) is 6.34. The molecule has 3 amide bonds. The number of carbonyl (C=O) groups excluding carboxylic acids is 2. The van der Waals surface area contributed by atoms with Crippen LogP contribution in [0.5, 0.6) is 0 Å². The molecule has 0 radical (unpaired) electrons. The van der Waals surface area contributed by atoms with Crippen LogP contribution in [0, 0.1) is 5.82 Å². The largest absolute Gasteiger partial charge is 0.338 e. The van der Waals surface area contributed by atoms with Gasteiger partial charge in [0, 0.05) is 32.2 Å². The van der Waals surface area contributed by atoms with E-state index < -0.39 is 5.82 Å². The highest BCUT2D eigenvalue weighted by molar-refractivity contribution is 5.94. The van der Waals surface area contributed by atoms with Crippen LogP contribution in [-0.2, 0) is 0 Å². The number of nitrogens with zero attached hydrogens (tertiary/aromatic N) is 2. The van der Waals surface area contributed by atoms with Gasteiger partial charge in [-0.05, 0) is 31.4 Å². The minimum Gasteiger partial charge on any atom is -0.338 e. The summed E-state index contributed by atoms with van der Waals surface area (Å²) in [5.74, 6) is -0.746. The minimum absolute atomic E-state index is 0.00914. The van der Waals surface area contributed by atoms with Gasteiger partial charge in [0.25, 0.3) is 5.91 Å². The van der Waals surface area contributed by atoms with E-state index in [-0.39, 0.29) is 23.5 Å². The van der Waals surface area contributed by atoms with Crippen LogP contribution in [-0.4, -0.2) is 54.0 Å². The number of piperidine rings is 1. The molecule has 5 nitrogen and oxygen atoms in total. The van der Waals surface area contributed by atoms with Crippen LogP contribution < -0.4 is 5.32 Å². The maximum Gasteiger partial charge on any atom is 0.317 e. The number of hydrogen-bond acceptors (Lipinski definition) is 2. The fourth-order valence-corrected chi connectivity index (χ4v) is 3.18. The number of benzene rings is 1. The number of urea groups is 1. The molecule has 0 atom stereocenters. The first-order valence-corrected chi connectivity index (χ1v) is 7.75. The molecule has 0 aromatic heterocycles. The maximum atomic E-state index is 13.7. The lowest BCUT2D eigenvalue weighted by Crippen LogP contribution is -2.54. The van der Waals surface area contributed by atoms with Gasteiger partial charge in [0.15, 0.2) is 0 Å². The van der Waals surface area contributed by atoms with Crippen molar-refractivity contribution in [1.29, 1.82) is 0 Å². The van der Waals surface area contributed by atoms with Gasteiger partial charge in [-0.25, -0.2) is 9.18 Å². The smallest absolute Gasteiger partial charge is 0.317 e. The highest BCUT2D eigenvalue weighted by Gasteiger charge is 2.31. The van der Waals surface area contributed by atoms with Crippen molar-refractivity contribution in [2.24, 2.45) is 0 Å². The summed E-state index contributed by atoms with van der Waals surface area (Å²) in [7, 11) is 0. The van der Waals surface area contributed by atoms with Gasteiger partial charge in [-0.1, -0.05) is 12.1 Å². The summed E-state index contributed by atoms with van der Waals surface area (Å²) >= 11 is 0. The van der Waals surface area contributed by atoms with E-state index in [1.165, 1.54) is 12.1 Å². The van der Waals surface area contributed by atoms with Gasteiger partial charge in [-0.2, -0.15) is 0 Å². The molecule has 3 rings (SSSR count). The van der Waals surface area contributed by atoms with Crippen LogP contribution in [0.4, 0.5) is 9.18 Å². The number of rotatable bonds is 2. The molecule has 2 aliphatic heterocycles. The first-order chi connectivity index (χ1) is 10.7. The highest BCUT2D eigenvalue weighted by atomic mass is 19.1. The van der Waals surface area contributed by atoms with E-state index in [0.717, 1.165) is 32.4 Å². The Balaban J connectivity index is 1.61. The molecular formula is C16H20FN3O2. The van der Waals surface area contributed by atoms with Crippen LogP contribution >= 0.6 is 0 Å². The Morgan fingerprint density at radius 2 is 1.91 bits per heavy atom. The van der Waals surface area contributed by atoms with E-state index in [4.69, 9.17) is 0 Å². The third kappa shape index (κ3) is 2.91. The fourth-order valence-electron chi connectivity index (χ4n) is 3.18. The molecule has 0 bridgehead atoms. The number of hydrogen-bond donors (Lipinski definition) is 1. The fraction of sp³-hybridized carbons (Fsp3) is 0.500. The predicted octanol–water partition coefficient (Wildman–Crippen LogP) is 1.85. The molecule has 0 spiro atoms. The Bertz CT molecular complexity index is 570. The Morgan fingerprint density at radius 1 is 1.18 bits per heavy atom. The summed E-state index contributed by atoms with van der Waals surface area (Å²) in [6.07, 6.45) is 2.45. The van der Waals surface area contributed by atoms with Gasteiger partial charge in [-0.3, -0.25) is 4.79 Å². The van der Waals surface area contributed by atoms with Crippen molar-refractivity contribution in [3.8, 4) is 0 Å². The van der Waals surface area contributed by atoms with Crippen molar-refractivity contribution < 1.29 is 14.0 Å². The SMILES string of the molecule is O=C(c1ccccc1F)N1CCC(N2CCCNC2=O)CC1. The molecule has 2 fully saturated rings. The van der Waals surface area contributed by atoms with Crippen LogP contribution in [0.3, 0.4) is 0 Å². The second-order valence-electron chi connectivity index (χ2n) is 5.78. The Hall–Kier alpha value is -2.11. The average molecular weight is 305 g/mol. The first-order valence-electron chi connectivity index (χ1n) is 7.75. The number of halogens is 1. The molecule has 0 saturated carbocycles. The molecule has 2 heterocycles. The van der Waals surface area contributed by atoms with Crippen LogP contribution in [0.1, 0.15) is 29.6 Å². The zero-order chi connectivity index (χ0) is 15.5. The monoisotopic (exact) mass is 305 g/mol. The molecule has 2 saturated heterocycles. The average Bonchev–Trinajstić information content (AvgIpc) is 2.55. The van der Waals surface area contributed by atoms with Crippen molar-refractivity contribution in [3.63, 3.8) is 0 Å². The number of nitrogens with one attached hydrogen (secondary N) is 1. The van der Waals surface area contributed by atoms with Gasteiger partial charge in [-0.15, -0.1) is 0 Å². The van der Waals surface area contributed by atoms with Crippen molar-refractivity contribution >= 4 is 11.9 Å². The van der Waals surface area contributed by atoms with Crippen LogP contribution in [0.25, 0.3) is 0 Å². The van der Waals surface area contributed by atoms with Crippen molar-refractivity contribution in [3.05, 3.63) is 35.6 Å². The maximum absolute atomic E-state index is 13.7. The summed E-state index contributed by atoms with van der Waals surface area (Å²) in [6, 6.07) is 6.23. The molecule has 1 aromatic rings. The van der Waals surface area contributed by atoms with Gasteiger partial charge in [0.1, 0.15) is 5.82 Å². The quantitative estimate of drug-likeness (QED) is 0.906. The summed E-state index contributed by atoms with van der Waals surface area (Å²) < 4.78 is 13.7. The zero-order valence-electron chi connectivity index (χ0n) is 12.4. The summed E-state index contributed by atoms with van der Waals surface area (Å²) in [6.45, 7) is 2.63. The lowest BCUT2D eigenvalue weighted by atomic mass is 10.0. The van der Waals surface area contributed by atoms with E-state index >= 15 is 0 Å². The van der Waals surface area contributed by atoms with Gasteiger partial charge in [0.2, 0.25) is 0 Å². The zero-order valence-corrected chi connectivity index (χ0v) is 12.4. The minimum atomic E-state index is -0.481. The molecule has 6 heteroatoms. The van der Waals surface area contributed by atoms with Gasteiger partial charge in [0.05, 0.1) is 5.56 Å². The Kier molecular flexibility index (Phi) is 4.27. The summed E-state index contributed by atoms with van der Waals surface area (Å²) in [5, 5.41) is 2.85. The van der Waals surface area contributed by atoms with Crippen molar-refractivity contribution in [2.75, 3.05) is 26.2 Å². The molecule has 2 aliphatic rings. The number of carbonyl (C=O) groups is 2. The summed E-state index contributed by atoms with van der Waals surface area (Å²) in [4.78, 5) is 27.8. The van der Waals surface area contributed by atoms with E-state index in [1.54, 1.807) is 17.0 Å². The van der Waals surface area contributed by atoms with Crippen molar-refractivity contribution in [1.82, 2.24) is 15.1 Å². The van der Waals surface area contributed by atoms with E-state index in [9.17, 15) is 14.0 Å². The molecule has 0 unspecified atom stereocenters. The lowest BCUT2D eigenvalue weighted by Gasteiger charge is -2.40. The normalized spacial score (nSPS) is 20.0. The standard InChI is InChI=1S/C16H20FN3O2/c17-14-5-2-1-4-13(14)15(21)19-10-6-12(7-11-19)20-9-3-8-18-16(20)22/h1-2,4-5,12H,3,6-11H2,(H,18,22). The second-order valence-corrected chi connectivity index (χ2v) is 5.78. The molecule has 0 aliphatic carbocycles. The summed E-state index contributed by atoms with van der Waals surface area (Å²) in [5.41, 5.74) is 0.122. The highest BCUT2D eigenvalue weighted by Crippen LogP contribution is 2.20. The Morgan fingerprint density at radius 3 is 2.59 bits per heavy atom. The molecule has 1 N–H and O–H groups in total.